The van der Waals surface area contributed by atoms with Crippen molar-refractivity contribution in [1.82, 2.24) is 23.6 Å². The second kappa shape index (κ2) is 8.84. The molecule has 1 aliphatic heterocycles. The maximum atomic E-state index is 13.3. The van der Waals surface area contributed by atoms with Crippen molar-refractivity contribution in [2.75, 3.05) is 20.3 Å². The Balaban J connectivity index is 1.59. The molecule has 3 heterocycles. The Hall–Kier alpha value is -2.03. The first-order valence-corrected chi connectivity index (χ1v) is 11.9. The molecular formula is C23H31N5O2S. The number of hydrogen-bond acceptors (Lipinski definition) is 5. The first-order chi connectivity index (χ1) is 15.2. The van der Waals surface area contributed by atoms with Gasteiger partial charge in [0.2, 0.25) is 10.5 Å². The summed E-state index contributed by atoms with van der Waals surface area (Å²) in [6.45, 7) is 2.95. The van der Waals surface area contributed by atoms with E-state index in [4.69, 9.17) is 22.1 Å². The Labute approximate surface area is 187 Å². The summed E-state index contributed by atoms with van der Waals surface area (Å²) in [4.78, 5) is 15.8. The minimum Gasteiger partial charge on any atom is -0.385 e. The Morgan fingerprint density at radius 2 is 1.97 bits per heavy atom. The summed E-state index contributed by atoms with van der Waals surface area (Å²) in [5.41, 5.74) is 0.813. The van der Waals surface area contributed by atoms with Crippen LogP contribution in [0.2, 0.25) is 0 Å². The number of rotatable bonds is 6. The summed E-state index contributed by atoms with van der Waals surface area (Å²) < 4.78 is 11.5. The van der Waals surface area contributed by atoms with Gasteiger partial charge in [-0.25, -0.2) is 4.68 Å². The number of benzene rings is 1. The molecule has 0 bridgehead atoms. The van der Waals surface area contributed by atoms with Crippen molar-refractivity contribution in [2.24, 2.45) is 5.92 Å². The summed E-state index contributed by atoms with van der Waals surface area (Å²) in [5.74, 6) is 1.43. The number of likely N-dealkylation sites (tertiary alicyclic amines) is 1. The molecule has 0 radical (unpaired) electrons. The van der Waals surface area contributed by atoms with Crippen LogP contribution in [-0.2, 0) is 18.0 Å². The molecule has 2 fully saturated rings. The van der Waals surface area contributed by atoms with E-state index in [0.717, 1.165) is 24.4 Å². The minimum atomic E-state index is -0.0170. The molecule has 2 atom stereocenters. The monoisotopic (exact) mass is 441 g/mol. The molecule has 0 amide bonds. The fourth-order valence-electron chi connectivity index (χ4n) is 5.60. The van der Waals surface area contributed by atoms with Crippen LogP contribution in [0.1, 0.15) is 44.9 Å². The van der Waals surface area contributed by atoms with Gasteiger partial charge in [-0.15, -0.1) is 5.10 Å². The summed E-state index contributed by atoms with van der Waals surface area (Å²) in [5, 5.41) is 5.56. The van der Waals surface area contributed by atoms with Crippen molar-refractivity contribution >= 4 is 28.9 Å². The molecule has 1 saturated heterocycles. The van der Waals surface area contributed by atoms with E-state index in [0.29, 0.717) is 41.8 Å². The van der Waals surface area contributed by atoms with Crippen LogP contribution < -0.4 is 5.56 Å². The minimum absolute atomic E-state index is 0.0170. The Kier molecular flexibility index (Phi) is 5.95. The number of aryl methyl sites for hydroxylation is 1. The third-order valence-corrected chi connectivity index (χ3v) is 7.48. The van der Waals surface area contributed by atoms with E-state index in [-0.39, 0.29) is 5.56 Å². The molecule has 2 aromatic heterocycles. The Morgan fingerprint density at radius 1 is 1.16 bits per heavy atom. The van der Waals surface area contributed by atoms with Gasteiger partial charge in [-0.05, 0) is 62.4 Å². The zero-order valence-electron chi connectivity index (χ0n) is 18.2. The second-order valence-electron chi connectivity index (χ2n) is 8.95. The van der Waals surface area contributed by atoms with Crippen molar-refractivity contribution < 1.29 is 4.74 Å². The van der Waals surface area contributed by atoms with E-state index < -0.39 is 0 Å². The van der Waals surface area contributed by atoms with Crippen molar-refractivity contribution in [2.45, 2.75) is 64.2 Å². The molecular weight excluding hydrogens is 410 g/mol. The molecule has 1 saturated carbocycles. The molecule has 2 unspecified atom stereocenters. The van der Waals surface area contributed by atoms with Crippen molar-refractivity contribution in [3.63, 3.8) is 0 Å². The zero-order valence-corrected chi connectivity index (χ0v) is 19.0. The average Bonchev–Trinajstić information content (AvgIpc) is 3.12. The number of piperidine rings is 1. The van der Waals surface area contributed by atoms with Gasteiger partial charge in [-0.2, -0.15) is 0 Å². The van der Waals surface area contributed by atoms with Crippen molar-refractivity contribution in [3.05, 3.63) is 39.4 Å². The van der Waals surface area contributed by atoms with E-state index in [1.54, 1.807) is 11.7 Å². The van der Waals surface area contributed by atoms with Crippen molar-refractivity contribution in [1.29, 1.82) is 0 Å². The highest BCUT2D eigenvalue weighted by atomic mass is 32.1. The highest BCUT2D eigenvalue weighted by Crippen LogP contribution is 2.35. The first kappa shape index (κ1) is 20.8. The molecule has 31 heavy (non-hydrogen) atoms. The van der Waals surface area contributed by atoms with Gasteiger partial charge in [0.15, 0.2) is 0 Å². The first-order valence-electron chi connectivity index (χ1n) is 11.5. The fourth-order valence-corrected chi connectivity index (χ4v) is 5.88. The van der Waals surface area contributed by atoms with Crippen LogP contribution in [0.25, 0.3) is 16.7 Å². The normalized spacial score (nSPS) is 22.2. The maximum Gasteiger partial charge on any atom is 0.262 e. The van der Waals surface area contributed by atoms with Gasteiger partial charge < -0.3 is 4.74 Å². The smallest absolute Gasteiger partial charge is 0.262 e. The molecule has 3 aromatic rings. The average molecular weight is 442 g/mol. The van der Waals surface area contributed by atoms with Gasteiger partial charge in [0, 0.05) is 32.8 Å². The third-order valence-electron chi connectivity index (χ3n) is 7.09. The highest BCUT2D eigenvalue weighted by Gasteiger charge is 2.33. The number of aromatic nitrogens is 4. The van der Waals surface area contributed by atoms with Crippen LogP contribution >= 0.6 is 12.2 Å². The maximum absolute atomic E-state index is 13.3. The largest absolute Gasteiger partial charge is 0.385 e. The lowest BCUT2D eigenvalue weighted by Gasteiger charge is -2.43. The van der Waals surface area contributed by atoms with E-state index in [9.17, 15) is 4.79 Å². The summed E-state index contributed by atoms with van der Waals surface area (Å²) >= 11 is 5.90. The van der Waals surface area contributed by atoms with Crippen LogP contribution in [0, 0.1) is 10.7 Å². The molecule has 2 aliphatic rings. The predicted octanol–water partition coefficient (Wildman–Crippen LogP) is 3.83. The molecule has 7 nitrogen and oxygen atoms in total. The van der Waals surface area contributed by atoms with Crippen LogP contribution in [0.5, 0.6) is 0 Å². The van der Waals surface area contributed by atoms with E-state index in [1.807, 2.05) is 33.3 Å². The highest BCUT2D eigenvalue weighted by molar-refractivity contribution is 7.71. The summed E-state index contributed by atoms with van der Waals surface area (Å²) in [7, 11) is 1.68. The standard InChI is InChI=1S/C23H31N5O2S/c1-30-15-7-14-26-21(29)18-10-3-5-12-20(18)28-22(26)24-27(23(28)31)16-25-13-6-9-17-8-2-4-11-19(17)25/h3,5,10,12,17,19H,2,4,6-9,11,13-16H2,1H3. The van der Waals surface area contributed by atoms with Gasteiger partial charge in [0.25, 0.3) is 5.56 Å². The third kappa shape index (κ3) is 3.75. The van der Waals surface area contributed by atoms with Crippen LogP contribution in [0.3, 0.4) is 0 Å². The Morgan fingerprint density at radius 3 is 2.84 bits per heavy atom. The topological polar surface area (TPSA) is 56.7 Å². The van der Waals surface area contributed by atoms with Crippen LogP contribution in [0.4, 0.5) is 0 Å². The van der Waals surface area contributed by atoms with Crippen LogP contribution in [-0.4, -0.2) is 50.0 Å². The predicted molar refractivity (Wildman–Crippen MR) is 124 cm³/mol. The lowest BCUT2D eigenvalue weighted by molar-refractivity contribution is 0.0325. The Bertz CT molecular complexity index is 1190. The summed E-state index contributed by atoms with van der Waals surface area (Å²) in [6.07, 6.45) is 8.64. The van der Waals surface area contributed by atoms with E-state index >= 15 is 0 Å². The molecule has 1 aliphatic carbocycles. The molecule has 5 rings (SSSR count). The molecule has 0 N–H and O–H groups in total. The van der Waals surface area contributed by atoms with Gasteiger partial charge >= 0.3 is 0 Å². The number of methoxy groups -OCH3 is 1. The number of para-hydroxylation sites is 1. The molecule has 1 aromatic carbocycles. The van der Waals surface area contributed by atoms with Gasteiger partial charge in [0.1, 0.15) is 0 Å². The van der Waals surface area contributed by atoms with E-state index in [1.165, 1.54) is 38.5 Å². The van der Waals surface area contributed by atoms with Crippen LogP contribution in [0.15, 0.2) is 29.1 Å². The zero-order chi connectivity index (χ0) is 21.4. The quantitative estimate of drug-likeness (QED) is 0.430. The summed E-state index contributed by atoms with van der Waals surface area (Å²) in [6, 6.07) is 8.32. The molecule has 8 heteroatoms. The second-order valence-corrected chi connectivity index (χ2v) is 9.31. The van der Waals surface area contributed by atoms with E-state index in [2.05, 4.69) is 4.90 Å². The fraction of sp³-hybridized carbons (Fsp3) is 0.609. The van der Waals surface area contributed by atoms with Crippen molar-refractivity contribution in [3.8, 4) is 0 Å². The molecule has 0 spiro atoms. The van der Waals surface area contributed by atoms with Gasteiger partial charge in [0.05, 0.1) is 17.6 Å². The van der Waals surface area contributed by atoms with Gasteiger partial charge in [-0.1, -0.05) is 25.0 Å². The molecule has 166 valence electrons. The van der Waals surface area contributed by atoms with Gasteiger partial charge in [-0.3, -0.25) is 18.7 Å². The lowest BCUT2D eigenvalue weighted by atomic mass is 9.78. The number of hydrogen-bond donors (Lipinski definition) is 0. The number of ether oxygens (including phenoxy) is 1. The number of nitrogens with zero attached hydrogens (tertiary/aromatic N) is 5. The number of fused-ring (bicyclic) bond motifs is 4. The lowest BCUT2D eigenvalue weighted by Crippen LogP contribution is -2.47. The SMILES string of the molecule is COCCCn1c(=O)c2ccccc2n2c(=S)n(CN3CCCC4CCCCC43)nc12.